The summed E-state index contributed by atoms with van der Waals surface area (Å²) in [7, 11) is 0. The van der Waals surface area contributed by atoms with E-state index in [2.05, 4.69) is 73.0 Å². The molecule has 0 radical (unpaired) electrons. The molecule has 2 aromatic carbocycles. The van der Waals surface area contributed by atoms with E-state index in [-0.39, 0.29) is 22.4 Å². The van der Waals surface area contributed by atoms with Crippen molar-refractivity contribution in [1.82, 2.24) is 18.9 Å². The van der Waals surface area contributed by atoms with Gasteiger partial charge in [0.05, 0.1) is 12.4 Å². The molecule has 0 amide bonds. The number of aromatic nitrogens is 2. The van der Waals surface area contributed by atoms with E-state index < -0.39 is 0 Å². The number of rotatable bonds is 3. The summed E-state index contributed by atoms with van der Waals surface area (Å²) >= 11 is 0. The highest BCUT2D eigenvalue weighted by atomic mass is 16.3. The number of pyridine rings is 2. The highest BCUT2D eigenvalue weighted by molar-refractivity contribution is 5.34. The number of nitrogens with zero attached hydrogens (tertiary/aromatic N) is 4. The predicted octanol–water partition coefficient (Wildman–Crippen LogP) is 5.58. The number of aryl methyl sites for hydroxylation is 3. The van der Waals surface area contributed by atoms with Gasteiger partial charge in [0.1, 0.15) is 0 Å². The molecule has 0 bridgehead atoms. The third-order valence-electron chi connectivity index (χ3n) is 9.84. The molecule has 236 valence electrons. The Kier molecular flexibility index (Phi) is 8.97. The van der Waals surface area contributed by atoms with Gasteiger partial charge in [0.15, 0.2) is 11.5 Å². The maximum atomic E-state index is 11.7. The summed E-state index contributed by atoms with van der Waals surface area (Å²) in [5, 5.41) is 19.2. The number of fused-ring (bicyclic) bond motifs is 3. The zero-order chi connectivity index (χ0) is 31.7. The minimum atomic E-state index is -0.299. The van der Waals surface area contributed by atoms with E-state index >= 15 is 0 Å². The minimum Gasteiger partial charge on any atom is -0.503 e. The van der Waals surface area contributed by atoms with E-state index in [1.165, 1.54) is 53.5 Å². The first-order chi connectivity index (χ1) is 21.7. The molecule has 4 aromatic rings. The van der Waals surface area contributed by atoms with Crippen LogP contribution in [-0.4, -0.2) is 42.2 Å². The minimum absolute atomic E-state index is 0.151. The summed E-state index contributed by atoms with van der Waals surface area (Å²) in [6.07, 6.45) is 7.99. The number of hydrogen-bond donors (Lipinski definition) is 2. The van der Waals surface area contributed by atoms with Crippen LogP contribution in [0.3, 0.4) is 0 Å². The molecule has 0 spiro atoms. The fraction of sp³-hybridized carbons (Fsp3) is 0.405. The number of hydrogen-bond acceptors (Lipinski definition) is 6. The summed E-state index contributed by atoms with van der Waals surface area (Å²) in [5.41, 5.74) is 8.23. The Morgan fingerprint density at radius 1 is 0.778 bits per heavy atom. The number of benzene rings is 2. The SMILES string of the molecule is Cc1ccc(C)c(C(C)N2CCn3cc(O)c(=O)cc3C2)c1.O=c1cc2n(cc1O)CCN(C1CCCCc3ccccc31)C2. The molecule has 3 aliphatic rings. The molecule has 0 saturated carbocycles. The van der Waals surface area contributed by atoms with Crippen molar-refractivity contribution >= 4 is 0 Å². The zero-order valence-corrected chi connectivity index (χ0v) is 26.6. The van der Waals surface area contributed by atoms with Gasteiger partial charge in [-0.3, -0.25) is 19.4 Å². The number of aromatic hydroxyl groups is 2. The van der Waals surface area contributed by atoms with Crippen LogP contribution in [0.25, 0.3) is 0 Å². The normalized spacial score (nSPS) is 18.9. The Morgan fingerprint density at radius 3 is 2.18 bits per heavy atom. The molecule has 8 nitrogen and oxygen atoms in total. The molecule has 2 aliphatic heterocycles. The summed E-state index contributed by atoms with van der Waals surface area (Å²) in [6.45, 7) is 11.4. The smallest absolute Gasteiger partial charge is 0.223 e. The topological polar surface area (TPSA) is 90.9 Å². The van der Waals surface area contributed by atoms with Crippen LogP contribution in [0.1, 0.15) is 77.5 Å². The van der Waals surface area contributed by atoms with Gasteiger partial charge < -0.3 is 19.3 Å². The van der Waals surface area contributed by atoms with Crippen LogP contribution >= 0.6 is 0 Å². The Labute approximate surface area is 264 Å². The highest BCUT2D eigenvalue weighted by Gasteiger charge is 2.28. The van der Waals surface area contributed by atoms with E-state index in [1.807, 2.05) is 9.13 Å². The van der Waals surface area contributed by atoms with Gasteiger partial charge in [-0.15, -0.1) is 0 Å². The van der Waals surface area contributed by atoms with Crippen molar-refractivity contribution in [2.45, 2.75) is 84.7 Å². The van der Waals surface area contributed by atoms with Gasteiger partial charge in [0, 0.05) is 74.9 Å². The largest absolute Gasteiger partial charge is 0.503 e. The van der Waals surface area contributed by atoms with E-state index in [1.54, 1.807) is 24.5 Å². The van der Waals surface area contributed by atoms with Crippen LogP contribution < -0.4 is 10.9 Å². The molecule has 2 atom stereocenters. The van der Waals surface area contributed by atoms with Crippen LogP contribution in [0, 0.1) is 13.8 Å². The van der Waals surface area contributed by atoms with E-state index in [9.17, 15) is 19.8 Å². The standard InChI is InChI=1S/C19H22N2O2.C18H22N2O2/c22-18-11-15-12-21(10-9-20(15)13-19(18)23)17-8-4-2-6-14-5-1-3-7-16(14)17;1-12-4-5-13(2)16(8-12)14(3)19-6-7-20-11-18(22)17(21)9-15(20)10-19/h1,3,5,7,11,13,17,23H,2,4,6,8-10,12H2;4-5,8-9,11,14,22H,6-7,10H2,1-3H3. The van der Waals surface area contributed by atoms with Crippen molar-refractivity contribution in [3.63, 3.8) is 0 Å². The van der Waals surface area contributed by atoms with Gasteiger partial charge in [-0.25, -0.2) is 0 Å². The maximum absolute atomic E-state index is 11.7. The van der Waals surface area contributed by atoms with E-state index in [4.69, 9.17) is 0 Å². The van der Waals surface area contributed by atoms with Crippen molar-refractivity contribution < 1.29 is 10.2 Å². The fourth-order valence-electron chi connectivity index (χ4n) is 7.22. The lowest BCUT2D eigenvalue weighted by molar-refractivity contribution is 0.145. The first-order valence-electron chi connectivity index (χ1n) is 16.2. The molecule has 0 fully saturated rings. The van der Waals surface area contributed by atoms with Crippen LogP contribution in [0.4, 0.5) is 0 Å². The molecular weight excluding hydrogens is 564 g/mol. The monoisotopic (exact) mass is 608 g/mol. The average molecular weight is 609 g/mol. The van der Waals surface area contributed by atoms with Crippen LogP contribution in [0.5, 0.6) is 11.5 Å². The molecule has 2 aromatic heterocycles. The highest BCUT2D eigenvalue weighted by Crippen LogP contribution is 2.35. The van der Waals surface area contributed by atoms with Crippen molar-refractivity contribution in [3.8, 4) is 11.5 Å². The average Bonchev–Trinajstić information content (AvgIpc) is 3.26. The lowest BCUT2D eigenvalue weighted by atomic mass is 9.97. The van der Waals surface area contributed by atoms with Gasteiger partial charge in [0.25, 0.3) is 0 Å². The third kappa shape index (κ3) is 6.63. The Hall–Kier alpha value is -4.14. The zero-order valence-electron chi connectivity index (χ0n) is 26.6. The Bertz CT molecular complexity index is 1810. The quantitative estimate of drug-likeness (QED) is 0.295. The molecule has 1 aliphatic carbocycles. The second-order valence-electron chi connectivity index (χ2n) is 12.9. The van der Waals surface area contributed by atoms with Crippen molar-refractivity contribution in [2.24, 2.45) is 0 Å². The van der Waals surface area contributed by atoms with Crippen molar-refractivity contribution in [2.75, 3.05) is 13.1 Å². The molecule has 2 N–H and O–H groups in total. The summed E-state index contributed by atoms with van der Waals surface area (Å²) in [6, 6.07) is 19.2. The first kappa shape index (κ1) is 30.9. The fourth-order valence-corrected chi connectivity index (χ4v) is 7.22. The molecule has 45 heavy (non-hydrogen) atoms. The lowest BCUT2D eigenvalue weighted by Gasteiger charge is -2.36. The first-order valence-corrected chi connectivity index (χ1v) is 16.2. The maximum Gasteiger partial charge on any atom is 0.223 e. The van der Waals surface area contributed by atoms with E-state index in [0.29, 0.717) is 12.1 Å². The van der Waals surface area contributed by atoms with E-state index in [0.717, 1.165) is 50.7 Å². The Balaban J connectivity index is 0.000000159. The molecule has 0 saturated heterocycles. The van der Waals surface area contributed by atoms with Gasteiger partial charge in [-0.2, -0.15) is 0 Å². The van der Waals surface area contributed by atoms with Crippen LogP contribution in [0.15, 0.2) is 76.6 Å². The van der Waals surface area contributed by atoms with Crippen LogP contribution in [-0.2, 0) is 32.6 Å². The van der Waals surface area contributed by atoms with Crippen LogP contribution in [0.2, 0.25) is 0 Å². The molecule has 7 rings (SSSR count). The Morgan fingerprint density at radius 2 is 1.44 bits per heavy atom. The molecular formula is C37H44N4O4. The summed E-state index contributed by atoms with van der Waals surface area (Å²) in [5.74, 6) is -0.318. The summed E-state index contributed by atoms with van der Waals surface area (Å²) < 4.78 is 3.99. The molecule has 4 heterocycles. The van der Waals surface area contributed by atoms with Gasteiger partial charge in [-0.05, 0) is 62.3 Å². The molecule has 2 unspecified atom stereocenters. The third-order valence-corrected chi connectivity index (χ3v) is 9.84. The predicted molar refractivity (Wildman–Crippen MR) is 177 cm³/mol. The second-order valence-corrected chi connectivity index (χ2v) is 12.9. The second kappa shape index (κ2) is 13.1. The van der Waals surface area contributed by atoms with Crippen molar-refractivity contribution in [1.29, 1.82) is 0 Å². The van der Waals surface area contributed by atoms with Gasteiger partial charge >= 0.3 is 0 Å². The lowest BCUT2D eigenvalue weighted by Crippen LogP contribution is -2.37. The molecule has 8 heteroatoms. The van der Waals surface area contributed by atoms with Gasteiger partial charge in [-0.1, -0.05) is 54.4 Å². The van der Waals surface area contributed by atoms with Gasteiger partial charge in [0.2, 0.25) is 10.9 Å². The van der Waals surface area contributed by atoms with Crippen molar-refractivity contribution in [3.05, 3.63) is 127 Å². The summed E-state index contributed by atoms with van der Waals surface area (Å²) in [4.78, 5) is 28.3.